The Balaban J connectivity index is 1.43. The van der Waals surface area contributed by atoms with E-state index in [1.54, 1.807) is 18.3 Å². The monoisotopic (exact) mass is 465 g/mol. The van der Waals surface area contributed by atoms with Crippen molar-refractivity contribution in [3.05, 3.63) is 93.4 Å². The van der Waals surface area contributed by atoms with E-state index < -0.39 is 4.92 Å². The predicted octanol–water partition coefficient (Wildman–Crippen LogP) is 6.82. The van der Waals surface area contributed by atoms with Gasteiger partial charge in [0, 0.05) is 63.3 Å². The first-order chi connectivity index (χ1) is 16.6. The van der Waals surface area contributed by atoms with Crippen LogP contribution in [0.25, 0.3) is 38.6 Å². The first-order valence-corrected chi connectivity index (χ1v) is 11.6. The van der Waals surface area contributed by atoms with Gasteiger partial charge in [0.25, 0.3) is 5.69 Å². The van der Waals surface area contributed by atoms with Crippen molar-refractivity contribution in [3.63, 3.8) is 0 Å². The molecule has 5 rings (SSSR count). The molecule has 0 bridgehead atoms. The predicted molar refractivity (Wildman–Crippen MR) is 137 cm³/mol. The van der Waals surface area contributed by atoms with E-state index in [2.05, 4.69) is 52.1 Å². The van der Waals surface area contributed by atoms with Crippen LogP contribution in [-0.2, 0) is 6.54 Å². The minimum Gasteiger partial charge on any atom is -0.360 e. The van der Waals surface area contributed by atoms with Gasteiger partial charge in [0.05, 0.1) is 10.6 Å². The third-order valence-electron chi connectivity index (χ3n) is 5.70. The third-order valence-corrected chi connectivity index (χ3v) is 6.58. The lowest BCUT2D eigenvalue weighted by atomic mass is 10.1. The van der Waals surface area contributed by atoms with Crippen LogP contribution in [0.3, 0.4) is 0 Å². The molecule has 0 fully saturated rings. The Kier molecular flexibility index (Phi) is 5.54. The van der Waals surface area contributed by atoms with Crippen molar-refractivity contribution >= 4 is 50.1 Å². The summed E-state index contributed by atoms with van der Waals surface area (Å²) < 4.78 is 2.29. The SMILES string of the molecule is CCn1c2ccccc2c2cc(N/C=C(\C#N)c3nc(-c4ccc([N+](=O)[O-])cc4)cs3)ccc21. The summed E-state index contributed by atoms with van der Waals surface area (Å²) >= 11 is 1.35. The minimum atomic E-state index is -0.435. The summed E-state index contributed by atoms with van der Waals surface area (Å²) in [6.45, 7) is 3.02. The van der Waals surface area contributed by atoms with Crippen molar-refractivity contribution in [1.29, 1.82) is 5.26 Å². The molecule has 2 heterocycles. The van der Waals surface area contributed by atoms with Crippen molar-refractivity contribution in [1.82, 2.24) is 9.55 Å². The van der Waals surface area contributed by atoms with Gasteiger partial charge in [0.2, 0.25) is 0 Å². The average molecular weight is 466 g/mol. The molecule has 0 amide bonds. The van der Waals surface area contributed by atoms with Gasteiger partial charge in [-0.2, -0.15) is 5.26 Å². The fourth-order valence-corrected chi connectivity index (χ4v) is 4.86. The van der Waals surface area contributed by atoms with Gasteiger partial charge in [0.1, 0.15) is 16.6 Å². The van der Waals surface area contributed by atoms with E-state index in [0.717, 1.165) is 23.2 Å². The second-order valence-corrected chi connectivity index (χ2v) is 8.51. The molecule has 0 aliphatic heterocycles. The summed E-state index contributed by atoms with van der Waals surface area (Å²) in [6, 6.07) is 23.0. The molecule has 0 spiro atoms. The molecule has 166 valence electrons. The summed E-state index contributed by atoms with van der Waals surface area (Å²) in [5.74, 6) is 0. The number of anilines is 1. The average Bonchev–Trinajstić information content (AvgIpc) is 3.47. The standard InChI is InChI=1S/C26H19N5O2S/c1-2-30-24-6-4-3-5-21(24)22-13-19(9-12-25(22)30)28-15-18(14-27)26-29-23(16-34-26)17-7-10-20(11-8-17)31(32)33/h3-13,15-16,28H,2H2,1H3/b18-15+. The highest BCUT2D eigenvalue weighted by Crippen LogP contribution is 2.32. The van der Waals surface area contributed by atoms with Crippen LogP contribution in [0.4, 0.5) is 11.4 Å². The van der Waals surface area contributed by atoms with Gasteiger partial charge in [-0.05, 0) is 43.3 Å². The van der Waals surface area contributed by atoms with Crippen molar-refractivity contribution < 1.29 is 4.92 Å². The van der Waals surface area contributed by atoms with E-state index in [0.29, 0.717) is 16.3 Å². The maximum Gasteiger partial charge on any atom is 0.269 e. The lowest BCUT2D eigenvalue weighted by Crippen LogP contribution is -1.94. The molecule has 7 nitrogen and oxygen atoms in total. The lowest BCUT2D eigenvalue weighted by Gasteiger charge is -2.05. The molecule has 1 N–H and O–H groups in total. The Morgan fingerprint density at radius 2 is 1.91 bits per heavy atom. The number of benzene rings is 3. The zero-order chi connectivity index (χ0) is 23.7. The van der Waals surface area contributed by atoms with Crippen LogP contribution in [0, 0.1) is 21.4 Å². The molecule has 3 aromatic carbocycles. The Bertz CT molecular complexity index is 1610. The number of nitro benzene ring substituents is 1. The minimum absolute atomic E-state index is 0.0278. The molecular weight excluding hydrogens is 446 g/mol. The van der Waals surface area contributed by atoms with E-state index in [9.17, 15) is 15.4 Å². The number of nitrogens with zero attached hydrogens (tertiary/aromatic N) is 4. The summed E-state index contributed by atoms with van der Waals surface area (Å²) in [5.41, 5.74) is 5.13. The molecule has 2 aromatic heterocycles. The zero-order valence-electron chi connectivity index (χ0n) is 18.2. The second-order valence-electron chi connectivity index (χ2n) is 7.65. The van der Waals surface area contributed by atoms with Crippen LogP contribution in [0.15, 0.2) is 78.3 Å². The quantitative estimate of drug-likeness (QED) is 0.168. The number of non-ortho nitro benzene ring substituents is 1. The van der Waals surface area contributed by atoms with Crippen LogP contribution in [0.5, 0.6) is 0 Å². The highest BCUT2D eigenvalue weighted by molar-refractivity contribution is 7.11. The number of fused-ring (bicyclic) bond motifs is 3. The number of aromatic nitrogens is 2. The number of nitro groups is 1. The van der Waals surface area contributed by atoms with E-state index in [4.69, 9.17) is 0 Å². The van der Waals surface area contributed by atoms with E-state index >= 15 is 0 Å². The molecule has 0 saturated carbocycles. The van der Waals surface area contributed by atoms with Crippen LogP contribution in [0.2, 0.25) is 0 Å². The van der Waals surface area contributed by atoms with Gasteiger partial charge >= 0.3 is 0 Å². The number of hydrogen-bond acceptors (Lipinski definition) is 6. The molecule has 8 heteroatoms. The lowest BCUT2D eigenvalue weighted by molar-refractivity contribution is -0.384. The number of hydrogen-bond donors (Lipinski definition) is 1. The molecule has 0 radical (unpaired) electrons. The molecule has 0 saturated heterocycles. The van der Waals surface area contributed by atoms with Gasteiger partial charge in [-0.1, -0.05) is 18.2 Å². The fraction of sp³-hybridized carbons (Fsp3) is 0.0769. The topological polar surface area (TPSA) is 96.8 Å². The Labute approximate surface area is 199 Å². The number of para-hydroxylation sites is 1. The number of rotatable bonds is 6. The van der Waals surface area contributed by atoms with Crippen molar-refractivity contribution in [2.75, 3.05) is 5.32 Å². The maximum atomic E-state index is 10.9. The number of nitrogens with one attached hydrogen (secondary N) is 1. The van der Waals surface area contributed by atoms with Crippen molar-refractivity contribution in [2.24, 2.45) is 0 Å². The van der Waals surface area contributed by atoms with Crippen LogP contribution in [0.1, 0.15) is 11.9 Å². The van der Waals surface area contributed by atoms with Crippen LogP contribution < -0.4 is 5.32 Å². The maximum absolute atomic E-state index is 10.9. The Morgan fingerprint density at radius 3 is 2.65 bits per heavy atom. The summed E-state index contributed by atoms with van der Waals surface area (Å²) in [4.78, 5) is 15.0. The first kappa shape index (κ1) is 21.4. The smallest absolute Gasteiger partial charge is 0.269 e. The fourth-order valence-electron chi connectivity index (χ4n) is 4.07. The number of aryl methyl sites for hydroxylation is 1. The summed E-state index contributed by atoms with van der Waals surface area (Å²) in [5, 5.41) is 28.6. The highest BCUT2D eigenvalue weighted by atomic mass is 32.1. The molecule has 34 heavy (non-hydrogen) atoms. The molecule has 5 aromatic rings. The van der Waals surface area contributed by atoms with Crippen molar-refractivity contribution in [2.45, 2.75) is 13.5 Å². The zero-order valence-corrected chi connectivity index (χ0v) is 19.0. The van der Waals surface area contributed by atoms with Gasteiger partial charge in [-0.15, -0.1) is 11.3 Å². The Hall–Kier alpha value is -4.48. The number of thiazole rings is 1. The van der Waals surface area contributed by atoms with E-state index in [1.165, 1.54) is 39.9 Å². The van der Waals surface area contributed by atoms with Gasteiger partial charge in [-0.25, -0.2) is 4.98 Å². The van der Waals surface area contributed by atoms with Crippen LogP contribution in [-0.4, -0.2) is 14.5 Å². The molecular formula is C26H19N5O2S. The van der Waals surface area contributed by atoms with Gasteiger partial charge in [0.15, 0.2) is 0 Å². The molecule has 0 aliphatic carbocycles. The van der Waals surface area contributed by atoms with Gasteiger partial charge < -0.3 is 9.88 Å². The Morgan fingerprint density at radius 1 is 1.15 bits per heavy atom. The van der Waals surface area contributed by atoms with E-state index in [-0.39, 0.29) is 5.69 Å². The third kappa shape index (κ3) is 3.78. The van der Waals surface area contributed by atoms with Crippen LogP contribution >= 0.6 is 11.3 Å². The normalized spacial score (nSPS) is 11.6. The molecule has 0 aliphatic rings. The number of nitriles is 1. The summed E-state index contributed by atoms with van der Waals surface area (Å²) in [6.07, 6.45) is 1.67. The largest absolute Gasteiger partial charge is 0.360 e. The molecule has 0 unspecified atom stereocenters. The molecule has 0 atom stereocenters. The summed E-state index contributed by atoms with van der Waals surface area (Å²) in [7, 11) is 0. The van der Waals surface area contributed by atoms with Crippen molar-refractivity contribution in [3.8, 4) is 17.3 Å². The highest BCUT2D eigenvalue weighted by Gasteiger charge is 2.12. The van der Waals surface area contributed by atoms with Gasteiger partial charge in [-0.3, -0.25) is 10.1 Å². The first-order valence-electron chi connectivity index (χ1n) is 10.7. The van der Waals surface area contributed by atoms with E-state index in [1.807, 2.05) is 23.6 Å². The second kappa shape index (κ2) is 8.81. The number of allylic oxidation sites excluding steroid dienone is 1.